The van der Waals surface area contributed by atoms with E-state index in [2.05, 4.69) is 10.1 Å². The summed E-state index contributed by atoms with van der Waals surface area (Å²) < 4.78 is 10.8. The normalized spacial score (nSPS) is 14.9. The Morgan fingerprint density at radius 1 is 1.35 bits per heavy atom. The lowest BCUT2D eigenvalue weighted by molar-refractivity contribution is -0.138. The van der Waals surface area contributed by atoms with Gasteiger partial charge in [0, 0.05) is 19.0 Å². The van der Waals surface area contributed by atoms with Gasteiger partial charge in [0.15, 0.2) is 12.4 Å². The third-order valence-electron chi connectivity index (χ3n) is 3.94. The van der Waals surface area contributed by atoms with Crippen LogP contribution in [0.25, 0.3) is 0 Å². The first-order valence-electron chi connectivity index (χ1n) is 7.83. The Bertz CT molecular complexity index is 673. The van der Waals surface area contributed by atoms with E-state index in [0.717, 1.165) is 5.56 Å². The van der Waals surface area contributed by atoms with E-state index in [1.165, 1.54) is 0 Å². The van der Waals surface area contributed by atoms with Gasteiger partial charge in [-0.2, -0.15) is 4.98 Å². The van der Waals surface area contributed by atoms with Crippen LogP contribution in [0.15, 0.2) is 28.8 Å². The molecule has 1 aliphatic rings. The second-order valence-corrected chi connectivity index (χ2v) is 6.24. The molecule has 3 rings (SSSR count). The van der Waals surface area contributed by atoms with E-state index >= 15 is 0 Å². The quantitative estimate of drug-likeness (QED) is 0.848. The van der Waals surface area contributed by atoms with Crippen LogP contribution in [0.2, 0.25) is 0 Å². The van der Waals surface area contributed by atoms with Crippen LogP contribution in [0.1, 0.15) is 43.0 Å². The maximum atomic E-state index is 12.1. The summed E-state index contributed by atoms with van der Waals surface area (Å²) >= 11 is 0. The SMILES string of the molecule is Cc1ccc(OCC(=O)N2CC(c3nc(C(C)C)no3)C2)cc1. The lowest BCUT2D eigenvalue weighted by Crippen LogP contribution is -2.50. The minimum atomic E-state index is -0.0228. The summed E-state index contributed by atoms with van der Waals surface area (Å²) in [4.78, 5) is 18.2. The van der Waals surface area contributed by atoms with Gasteiger partial charge in [-0.25, -0.2) is 0 Å². The van der Waals surface area contributed by atoms with Gasteiger partial charge >= 0.3 is 0 Å². The van der Waals surface area contributed by atoms with Gasteiger partial charge in [0.25, 0.3) is 5.91 Å². The van der Waals surface area contributed by atoms with E-state index in [-0.39, 0.29) is 24.3 Å². The fraction of sp³-hybridized carbons (Fsp3) is 0.471. The number of aromatic nitrogens is 2. The smallest absolute Gasteiger partial charge is 0.260 e. The summed E-state index contributed by atoms with van der Waals surface area (Å²) in [7, 11) is 0. The fourth-order valence-electron chi connectivity index (χ4n) is 2.36. The van der Waals surface area contributed by atoms with Crippen LogP contribution in [0, 0.1) is 6.92 Å². The van der Waals surface area contributed by atoms with Gasteiger partial charge in [-0.3, -0.25) is 4.79 Å². The van der Waals surface area contributed by atoms with Crippen molar-refractivity contribution in [2.75, 3.05) is 19.7 Å². The van der Waals surface area contributed by atoms with Crippen molar-refractivity contribution in [2.45, 2.75) is 32.6 Å². The molecule has 0 unspecified atom stereocenters. The van der Waals surface area contributed by atoms with Crippen molar-refractivity contribution < 1.29 is 14.1 Å². The van der Waals surface area contributed by atoms with Gasteiger partial charge in [-0.05, 0) is 19.1 Å². The van der Waals surface area contributed by atoms with Crippen LogP contribution in [0.3, 0.4) is 0 Å². The molecule has 1 aromatic carbocycles. The van der Waals surface area contributed by atoms with Gasteiger partial charge in [-0.1, -0.05) is 36.7 Å². The lowest BCUT2D eigenvalue weighted by Gasteiger charge is -2.36. The average Bonchev–Trinajstić information content (AvgIpc) is 2.95. The van der Waals surface area contributed by atoms with E-state index in [4.69, 9.17) is 9.26 Å². The Morgan fingerprint density at radius 2 is 2.04 bits per heavy atom. The Morgan fingerprint density at radius 3 is 2.65 bits per heavy atom. The molecule has 0 radical (unpaired) electrons. The molecule has 1 fully saturated rings. The molecule has 2 heterocycles. The van der Waals surface area contributed by atoms with Crippen molar-refractivity contribution in [1.29, 1.82) is 0 Å². The number of likely N-dealkylation sites (tertiary alicyclic amines) is 1. The Labute approximate surface area is 135 Å². The Hall–Kier alpha value is -2.37. The minimum absolute atomic E-state index is 0.0228. The number of rotatable bonds is 5. The van der Waals surface area contributed by atoms with Gasteiger partial charge in [0.2, 0.25) is 5.89 Å². The number of benzene rings is 1. The van der Waals surface area contributed by atoms with Crippen molar-refractivity contribution in [3.05, 3.63) is 41.5 Å². The standard InChI is InChI=1S/C17H21N3O3/c1-11(2)16-18-17(23-19-16)13-8-20(9-13)15(21)10-22-14-6-4-12(3)5-7-14/h4-7,11,13H,8-10H2,1-3H3. The minimum Gasteiger partial charge on any atom is -0.484 e. The molecule has 0 atom stereocenters. The molecular weight excluding hydrogens is 294 g/mol. The summed E-state index contributed by atoms with van der Waals surface area (Å²) in [5.74, 6) is 2.40. The summed E-state index contributed by atoms with van der Waals surface area (Å²) in [6, 6.07) is 7.66. The van der Waals surface area contributed by atoms with Crippen LogP contribution in [-0.4, -0.2) is 40.6 Å². The molecule has 122 valence electrons. The second kappa shape index (κ2) is 6.40. The summed E-state index contributed by atoms with van der Waals surface area (Å²) in [5.41, 5.74) is 1.16. The Balaban J connectivity index is 1.46. The fourth-order valence-corrected chi connectivity index (χ4v) is 2.36. The van der Waals surface area contributed by atoms with Crippen molar-refractivity contribution in [3.8, 4) is 5.75 Å². The number of nitrogens with zero attached hydrogens (tertiary/aromatic N) is 3. The van der Waals surface area contributed by atoms with E-state index in [9.17, 15) is 4.79 Å². The second-order valence-electron chi connectivity index (χ2n) is 6.24. The van der Waals surface area contributed by atoms with Crippen LogP contribution in [0.5, 0.6) is 5.75 Å². The molecule has 1 aromatic heterocycles. The number of carbonyl (C=O) groups is 1. The third-order valence-corrected chi connectivity index (χ3v) is 3.94. The van der Waals surface area contributed by atoms with E-state index in [1.54, 1.807) is 4.90 Å². The zero-order valence-corrected chi connectivity index (χ0v) is 13.7. The number of carbonyl (C=O) groups excluding carboxylic acids is 1. The van der Waals surface area contributed by atoms with Gasteiger partial charge in [-0.15, -0.1) is 0 Å². The van der Waals surface area contributed by atoms with Gasteiger partial charge in [0.05, 0.1) is 5.92 Å². The molecule has 0 saturated carbocycles. The van der Waals surface area contributed by atoms with Crippen molar-refractivity contribution in [1.82, 2.24) is 15.0 Å². The summed E-state index contributed by atoms with van der Waals surface area (Å²) in [5, 5.41) is 3.96. The monoisotopic (exact) mass is 315 g/mol. The molecule has 6 nitrogen and oxygen atoms in total. The molecule has 6 heteroatoms. The molecule has 0 aliphatic carbocycles. The van der Waals surface area contributed by atoms with E-state index in [0.29, 0.717) is 30.6 Å². The predicted molar refractivity (Wildman–Crippen MR) is 84.4 cm³/mol. The zero-order valence-electron chi connectivity index (χ0n) is 13.7. The summed E-state index contributed by atoms with van der Waals surface area (Å²) in [6.45, 7) is 7.32. The zero-order chi connectivity index (χ0) is 16.4. The van der Waals surface area contributed by atoms with Crippen LogP contribution < -0.4 is 4.74 Å². The van der Waals surface area contributed by atoms with Gasteiger partial charge < -0.3 is 14.2 Å². The lowest BCUT2D eigenvalue weighted by atomic mass is 10.00. The van der Waals surface area contributed by atoms with Gasteiger partial charge in [0.1, 0.15) is 5.75 Å². The first-order chi connectivity index (χ1) is 11.0. The highest BCUT2D eigenvalue weighted by Gasteiger charge is 2.35. The maximum Gasteiger partial charge on any atom is 0.260 e. The Kier molecular flexibility index (Phi) is 4.32. The molecule has 0 N–H and O–H groups in total. The molecule has 1 amide bonds. The largest absolute Gasteiger partial charge is 0.484 e. The molecule has 0 bridgehead atoms. The molecule has 1 saturated heterocycles. The molecule has 0 spiro atoms. The van der Waals surface area contributed by atoms with Crippen molar-refractivity contribution in [3.63, 3.8) is 0 Å². The van der Waals surface area contributed by atoms with Crippen molar-refractivity contribution in [2.24, 2.45) is 0 Å². The maximum absolute atomic E-state index is 12.1. The highest BCUT2D eigenvalue weighted by Crippen LogP contribution is 2.26. The third kappa shape index (κ3) is 3.52. The predicted octanol–water partition coefficient (Wildman–Crippen LogP) is 2.51. The number of hydrogen-bond donors (Lipinski definition) is 0. The number of ether oxygens (including phenoxy) is 1. The summed E-state index contributed by atoms with van der Waals surface area (Å²) in [6.07, 6.45) is 0. The topological polar surface area (TPSA) is 68.5 Å². The molecule has 23 heavy (non-hydrogen) atoms. The van der Waals surface area contributed by atoms with E-state index < -0.39 is 0 Å². The number of aryl methyl sites for hydroxylation is 1. The first-order valence-corrected chi connectivity index (χ1v) is 7.83. The van der Waals surface area contributed by atoms with Crippen LogP contribution in [-0.2, 0) is 4.79 Å². The highest BCUT2D eigenvalue weighted by molar-refractivity contribution is 5.78. The molecular formula is C17H21N3O3. The first kappa shape index (κ1) is 15.5. The molecule has 1 aliphatic heterocycles. The van der Waals surface area contributed by atoms with Crippen LogP contribution >= 0.6 is 0 Å². The number of hydrogen-bond acceptors (Lipinski definition) is 5. The number of amides is 1. The highest BCUT2D eigenvalue weighted by atomic mass is 16.5. The van der Waals surface area contributed by atoms with Crippen molar-refractivity contribution >= 4 is 5.91 Å². The molecule has 2 aromatic rings. The van der Waals surface area contributed by atoms with E-state index in [1.807, 2.05) is 45.0 Å². The van der Waals surface area contributed by atoms with Crippen LogP contribution in [0.4, 0.5) is 0 Å². The average molecular weight is 315 g/mol.